The third kappa shape index (κ3) is 3.58. The normalized spacial score (nSPS) is 10.5. The van der Waals surface area contributed by atoms with Crippen LogP contribution < -0.4 is 5.32 Å². The lowest BCUT2D eigenvalue weighted by atomic mass is 10.1. The zero-order valence-corrected chi connectivity index (χ0v) is 14.3. The third-order valence-corrected chi connectivity index (χ3v) is 4.44. The minimum atomic E-state index is -0.362. The highest BCUT2D eigenvalue weighted by molar-refractivity contribution is 7.99. The zero-order chi connectivity index (χ0) is 16.9. The Bertz CT molecular complexity index is 908. The Balaban J connectivity index is 1.90. The van der Waals surface area contributed by atoms with E-state index < -0.39 is 0 Å². The van der Waals surface area contributed by atoms with Crippen LogP contribution in [0, 0.1) is 0 Å². The molecule has 0 aliphatic rings. The Morgan fingerprint density at radius 3 is 2.88 bits per heavy atom. The average molecular weight is 356 g/mol. The van der Waals surface area contributed by atoms with Crippen molar-refractivity contribution in [3.8, 4) is 0 Å². The van der Waals surface area contributed by atoms with Gasteiger partial charge in [-0.25, -0.2) is 9.97 Å². The van der Waals surface area contributed by atoms with E-state index in [9.17, 15) is 4.79 Å². The number of hydrogen-bond donors (Lipinski definition) is 1. The molecule has 0 saturated heterocycles. The van der Waals surface area contributed by atoms with Gasteiger partial charge in [-0.15, -0.1) is 6.58 Å². The molecule has 1 N–H and O–H groups in total. The van der Waals surface area contributed by atoms with Gasteiger partial charge in [0, 0.05) is 16.8 Å². The first kappa shape index (κ1) is 16.5. The lowest BCUT2D eigenvalue weighted by Gasteiger charge is -2.09. The number of hydrogen-bond acceptors (Lipinski definition) is 4. The first-order valence-corrected chi connectivity index (χ1v) is 8.61. The van der Waals surface area contributed by atoms with E-state index >= 15 is 0 Å². The Morgan fingerprint density at radius 1 is 1.25 bits per heavy atom. The minimum Gasteiger partial charge on any atom is -0.320 e. The van der Waals surface area contributed by atoms with Crippen LogP contribution in [0.1, 0.15) is 10.5 Å². The van der Waals surface area contributed by atoms with Gasteiger partial charge in [-0.1, -0.05) is 65.8 Å². The van der Waals surface area contributed by atoms with Crippen molar-refractivity contribution in [1.29, 1.82) is 0 Å². The molecule has 6 heteroatoms. The Morgan fingerprint density at radius 2 is 2.04 bits per heavy atom. The average Bonchev–Trinajstić information content (AvgIpc) is 2.61. The molecule has 24 heavy (non-hydrogen) atoms. The molecule has 0 fully saturated rings. The summed E-state index contributed by atoms with van der Waals surface area (Å²) in [6.07, 6.45) is 3.19. The van der Waals surface area contributed by atoms with Gasteiger partial charge in [0.25, 0.3) is 5.91 Å². The Hall–Kier alpha value is -2.37. The van der Waals surface area contributed by atoms with Gasteiger partial charge in [-0.2, -0.15) is 0 Å². The van der Waals surface area contributed by atoms with Crippen LogP contribution >= 0.6 is 23.4 Å². The van der Waals surface area contributed by atoms with Gasteiger partial charge in [0.1, 0.15) is 0 Å². The number of anilines is 1. The van der Waals surface area contributed by atoms with Crippen LogP contribution in [0.25, 0.3) is 10.8 Å². The quantitative estimate of drug-likeness (QED) is 0.405. The SMILES string of the molecule is C=CCSc1ncc(Cl)c(C(=O)Nc2cccc3ccccc23)n1. The highest BCUT2D eigenvalue weighted by Gasteiger charge is 2.15. The van der Waals surface area contributed by atoms with Crippen molar-refractivity contribution in [3.63, 3.8) is 0 Å². The molecule has 1 heterocycles. The molecule has 0 unspecified atom stereocenters. The smallest absolute Gasteiger partial charge is 0.275 e. The number of amides is 1. The number of nitrogens with one attached hydrogen (secondary N) is 1. The van der Waals surface area contributed by atoms with Crippen molar-refractivity contribution < 1.29 is 4.79 Å². The summed E-state index contributed by atoms with van der Waals surface area (Å²) < 4.78 is 0. The van der Waals surface area contributed by atoms with Gasteiger partial charge >= 0.3 is 0 Å². The number of carbonyl (C=O) groups is 1. The van der Waals surface area contributed by atoms with E-state index in [1.54, 1.807) is 6.08 Å². The van der Waals surface area contributed by atoms with E-state index in [0.717, 1.165) is 10.8 Å². The van der Waals surface area contributed by atoms with Crippen molar-refractivity contribution in [2.24, 2.45) is 0 Å². The summed E-state index contributed by atoms with van der Waals surface area (Å²) in [5, 5.41) is 5.59. The fourth-order valence-corrected chi connectivity index (χ4v) is 2.96. The van der Waals surface area contributed by atoms with Gasteiger partial charge < -0.3 is 5.32 Å². The second kappa shape index (κ2) is 7.47. The summed E-state index contributed by atoms with van der Waals surface area (Å²) in [6, 6.07) is 13.6. The Kier molecular flexibility index (Phi) is 5.13. The predicted molar refractivity (Wildman–Crippen MR) is 99.9 cm³/mol. The van der Waals surface area contributed by atoms with E-state index in [-0.39, 0.29) is 16.6 Å². The fourth-order valence-electron chi connectivity index (χ4n) is 2.23. The van der Waals surface area contributed by atoms with E-state index in [2.05, 4.69) is 21.9 Å². The van der Waals surface area contributed by atoms with Crippen LogP contribution in [0.4, 0.5) is 5.69 Å². The van der Waals surface area contributed by atoms with Gasteiger partial charge in [0.05, 0.1) is 11.2 Å². The number of fused-ring (bicyclic) bond motifs is 1. The summed E-state index contributed by atoms with van der Waals surface area (Å²) in [4.78, 5) is 20.9. The molecule has 4 nitrogen and oxygen atoms in total. The number of carbonyl (C=O) groups excluding carboxylic acids is 1. The zero-order valence-electron chi connectivity index (χ0n) is 12.7. The second-order valence-electron chi connectivity index (χ2n) is 4.93. The van der Waals surface area contributed by atoms with Crippen molar-refractivity contribution in [1.82, 2.24) is 9.97 Å². The van der Waals surface area contributed by atoms with Crippen LogP contribution in [-0.4, -0.2) is 21.6 Å². The molecule has 3 aromatic rings. The van der Waals surface area contributed by atoms with Crippen LogP contribution in [0.2, 0.25) is 5.02 Å². The number of aromatic nitrogens is 2. The number of benzene rings is 2. The number of thioether (sulfide) groups is 1. The number of nitrogens with zero attached hydrogens (tertiary/aromatic N) is 2. The fraction of sp³-hybridized carbons (Fsp3) is 0.0556. The standard InChI is InChI=1S/C18H14ClN3OS/c1-2-10-24-18-20-11-14(19)16(22-18)17(23)21-15-9-5-7-12-6-3-4-8-13(12)15/h2-9,11H,1,10H2,(H,21,23). The maximum atomic E-state index is 12.6. The van der Waals surface area contributed by atoms with Gasteiger partial charge in [0.2, 0.25) is 0 Å². The van der Waals surface area contributed by atoms with Crippen LogP contribution in [-0.2, 0) is 0 Å². The third-order valence-electron chi connectivity index (χ3n) is 3.31. The largest absolute Gasteiger partial charge is 0.320 e. The summed E-state index contributed by atoms with van der Waals surface area (Å²) in [5.41, 5.74) is 0.874. The topological polar surface area (TPSA) is 54.9 Å². The van der Waals surface area contributed by atoms with Crippen molar-refractivity contribution in [2.75, 3.05) is 11.1 Å². The molecule has 0 aliphatic carbocycles. The maximum absolute atomic E-state index is 12.6. The van der Waals surface area contributed by atoms with Gasteiger partial charge in [0.15, 0.2) is 10.9 Å². The lowest BCUT2D eigenvalue weighted by molar-refractivity contribution is 0.102. The molecular weight excluding hydrogens is 342 g/mol. The molecule has 1 amide bonds. The molecule has 0 aliphatic heterocycles. The molecule has 0 saturated carbocycles. The van der Waals surface area contributed by atoms with Crippen LogP contribution in [0.15, 0.2) is 66.5 Å². The molecule has 0 atom stereocenters. The van der Waals surface area contributed by atoms with Crippen molar-refractivity contribution in [3.05, 3.63) is 72.0 Å². The van der Waals surface area contributed by atoms with Gasteiger partial charge in [-0.05, 0) is 11.5 Å². The summed E-state index contributed by atoms with van der Waals surface area (Å²) in [7, 11) is 0. The van der Waals surface area contributed by atoms with Crippen molar-refractivity contribution in [2.45, 2.75) is 5.16 Å². The number of rotatable bonds is 5. The molecule has 120 valence electrons. The van der Waals surface area contributed by atoms with E-state index in [0.29, 0.717) is 16.6 Å². The summed E-state index contributed by atoms with van der Waals surface area (Å²) in [6.45, 7) is 3.65. The molecular formula is C18H14ClN3OS. The maximum Gasteiger partial charge on any atom is 0.275 e. The molecule has 0 spiro atoms. The first-order chi connectivity index (χ1) is 11.7. The predicted octanol–water partition coefficient (Wildman–Crippen LogP) is 4.81. The highest BCUT2D eigenvalue weighted by atomic mass is 35.5. The van der Waals surface area contributed by atoms with E-state index in [1.165, 1.54) is 18.0 Å². The van der Waals surface area contributed by atoms with Crippen LogP contribution in [0.5, 0.6) is 0 Å². The number of halogens is 1. The van der Waals surface area contributed by atoms with Gasteiger partial charge in [-0.3, -0.25) is 4.79 Å². The monoisotopic (exact) mass is 355 g/mol. The summed E-state index contributed by atoms with van der Waals surface area (Å²) >= 11 is 7.48. The molecule has 3 rings (SSSR count). The highest BCUT2D eigenvalue weighted by Crippen LogP contribution is 2.25. The first-order valence-electron chi connectivity index (χ1n) is 7.24. The van der Waals surface area contributed by atoms with Crippen molar-refractivity contribution >= 4 is 45.7 Å². The molecule has 2 aromatic carbocycles. The summed E-state index contributed by atoms with van der Waals surface area (Å²) in [5.74, 6) is 0.297. The molecule has 1 aromatic heterocycles. The van der Waals surface area contributed by atoms with E-state index in [1.807, 2.05) is 42.5 Å². The molecule has 0 radical (unpaired) electrons. The second-order valence-corrected chi connectivity index (χ2v) is 6.32. The van der Waals surface area contributed by atoms with E-state index in [4.69, 9.17) is 11.6 Å². The Labute approximate surface area is 149 Å². The lowest BCUT2D eigenvalue weighted by Crippen LogP contribution is -2.15. The minimum absolute atomic E-state index is 0.158. The molecule has 0 bridgehead atoms. The van der Waals surface area contributed by atoms with Crippen LogP contribution in [0.3, 0.4) is 0 Å².